The molecule has 0 aliphatic carbocycles. The predicted octanol–water partition coefficient (Wildman–Crippen LogP) is 3.53. The van der Waals surface area contributed by atoms with E-state index in [0.717, 1.165) is 12.8 Å². The summed E-state index contributed by atoms with van der Waals surface area (Å²) in [5.74, 6) is -1.10. The van der Waals surface area contributed by atoms with E-state index in [1.165, 1.54) is 18.2 Å². The summed E-state index contributed by atoms with van der Waals surface area (Å²) in [6.07, 6.45) is 1.78. The van der Waals surface area contributed by atoms with E-state index in [-0.39, 0.29) is 36.7 Å². The van der Waals surface area contributed by atoms with Gasteiger partial charge in [0.05, 0.1) is 24.0 Å². The van der Waals surface area contributed by atoms with Gasteiger partial charge in [-0.2, -0.15) is 0 Å². The normalized spacial score (nSPS) is 15.9. The van der Waals surface area contributed by atoms with Crippen LogP contribution < -0.4 is 0 Å². The van der Waals surface area contributed by atoms with Crippen LogP contribution in [0.5, 0.6) is 0 Å². The number of hydrogen-bond donors (Lipinski definition) is 0. The lowest BCUT2D eigenvalue weighted by molar-refractivity contribution is 0.0498. The van der Waals surface area contributed by atoms with Crippen LogP contribution in [0.2, 0.25) is 0 Å². The van der Waals surface area contributed by atoms with Gasteiger partial charge >= 0.3 is 5.97 Å². The first-order valence-electron chi connectivity index (χ1n) is 9.78. The van der Waals surface area contributed by atoms with E-state index in [1.807, 2.05) is 0 Å². The van der Waals surface area contributed by atoms with E-state index in [4.69, 9.17) is 9.47 Å². The van der Waals surface area contributed by atoms with Gasteiger partial charge in [0.2, 0.25) is 0 Å². The van der Waals surface area contributed by atoms with Crippen molar-refractivity contribution in [3.63, 3.8) is 0 Å². The molecule has 0 radical (unpaired) electrons. The number of halogens is 1. The Morgan fingerprint density at radius 3 is 2.79 bits per heavy atom. The number of aryl methyl sites for hydroxylation is 1. The van der Waals surface area contributed by atoms with Crippen molar-refractivity contribution in [2.75, 3.05) is 19.8 Å². The second-order valence-corrected chi connectivity index (χ2v) is 7.00. The number of esters is 1. The van der Waals surface area contributed by atoms with Gasteiger partial charge in [-0.25, -0.2) is 14.2 Å². The number of nitrogens with zero attached hydrogens (tertiary/aromatic N) is 2. The Labute approximate surface area is 169 Å². The number of benzene rings is 1. The number of pyridine rings is 1. The third-order valence-electron chi connectivity index (χ3n) is 4.80. The maximum Gasteiger partial charge on any atom is 0.339 e. The first-order chi connectivity index (χ1) is 14.0. The summed E-state index contributed by atoms with van der Waals surface area (Å²) < 4.78 is 24.3. The summed E-state index contributed by atoms with van der Waals surface area (Å²) in [5, 5.41) is 0. The van der Waals surface area contributed by atoms with Crippen LogP contribution in [0.3, 0.4) is 0 Å². The average Bonchev–Trinajstić information content (AvgIpc) is 3.20. The topological polar surface area (TPSA) is 68.7 Å². The van der Waals surface area contributed by atoms with Crippen LogP contribution >= 0.6 is 0 Å². The number of amides is 1. The Balaban J connectivity index is 1.83. The van der Waals surface area contributed by atoms with E-state index in [0.29, 0.717) is 30.0 Å². The van der Waals surface area contributed by atoms with Crippen LogP contribution in [0.1, 0.15) is 51.9 Å². The first kappa shape index (κ1) is 20.9. The fourth-order valence-corrected chi connectivity index (χ4v) is 3.38. The molecule has 1 fully saturated rings. The fourth-order valence-electron chi connectivity index (χ4n) is 3.38. The van der Waals surface area contributed by atoms with E-state index in [9.17, 15) is 14.0 Å². The van der Waals surface area contributed by atoms with Crippen molar-refractivity contribution in [3.05, 3.63) is 64.7 Å². The lowest BCUT2D eigenvalue weighted by atomic mass is 10.1. The zero-order chi connectivity index (χ0) is 20.8. The maximum atomic E-state index is 13.6. The molecule has 1 atom stereocenters. The van der Waals surface area contributed by atoms with Gasteiger partial charge < -0.3 is 14.4 Å². The Hall–Kier alpha value is -2.80. The minimum absolute atomic E-state index is 0.0487. The molecule has 2 heterocycles. The molecule has 29 heavy (non-hydrogen) atoms. The highest BCUT2D eigenvalue weighted by atomic mass is 19.1. The van der Waals surface area contributed by atoms with Gasteiger partial charge in [0.25, 0.3) is 5.91 Å². The van der Waals surface area contributed by atoms with Gasteiger partial charge in [-0.1, -0.05) is 12.1 Å². The van der Waals surface area contributed by atoms with Crippen molar-refractivity contribution < 1.29 is 23.5 Å². The molecule has 6 nitrogen and oxygen atoms in total. The van der Waals surface area contributed by atoms with Crippen LogP contribution in [0, 0.1) is 12.7 Å². The van der Waals surface area contributed by atoms with E-state index >= 15 is 0 Å². The molecule has 1 saturated heterocycles. The summed E-state index contributed by atoms with van der Waals surface area (Å²) in [7, 11) is 0. The molecule has 0 saturated carbocycles. The van der Waals surface area contributed by atoms with Gasteiger partial charge in [0, 0.05) is 19.7 Å². The number of carbonyl (C=O) groups excluding carboxylic acids is 2. The number of rotatable bonds is 7. The Morgan fingerprint density at radius 1 is 1.31 bits per heavy atom. The fraction of sp³-hybridized carbons (Fsp3) is 0.409. The Kier molecular flexibility index (Phi) is 6.93. The van der Waals surface area contributed by atoms with Crippen molar-refractivity contribution >= 4 is 11.9 Å². The van der Waals surface area contributed by atoms with Crippen LogP contribution in [0.4, 0.5) is 4.39 Å². The SMILES string of the molecule is CCOC(=O)c1ccc(C(=O)N(Cc2cccc(F)c2)CC2CCCO2)nc1C. The second-order valence-electron chi connectivity index (χ2n) is 7.00. The average molecular weight is 400 g/mol. The largest absolute Gasteiger partial charge is 0.462 e. The maximum absolute atomic E-state index is 13.6. The number of aromatic nitrogens is 1. The molecular weight excluding hydrogens is 375 g/mol. The summed E-state index contributed by atoms with van der Waals surface area (Å²) in [5.41, 5.74) is 1.68. The molecule has 1 aromatic carbocycles. The van der Waals surface area contributed by atoms with Crippen molar-refractivity contribution in [1.29, 1.82) is 0 Å². The molecule has 7 heteroatoms. The van der Waals surface area contributed by atoms with Crippen molar-refractivity contribution in [2.24, 2.45) is 0 Å². The monoisotopic (exact) mass is 400 g/mol. The third-order valence-corrected chi connectivity index (χ3v) is 4.80. The van der Waals surface area contributed by atoms with Gasteiger partial charge in [0.1, 0.15) is 11.5 Å². The number of hydrogen-bond acceptors (Lipinski definition) is 5. The van der Waals surface area contributed by atoms with Gasteiger partial charge in [-0.05, 0) is 56.5 Å². The van der Waals surface area contributed by atoms with Gasteiger partial charge in [-0.3, -0.25) is 4.79 Å². The molecule has 2 aromatic rings. The standard InChI is InChI=1S/C22H25FN2O4/c1-3-28-22(27)19-9-10-20(24-15(19)2)21(26)25(14-18-8-5-11-29-18)13-16-6-4-7-17(23)12-16/h4,6-7,9-10,12,18H,3,5,8,11,13-14H2,1-2H3. The van der Waals surface area contributed by atoms with Crippen molar-refractivity contribution in [3.8, 4) is 0 Å². The smallest absolute Gasteiger partial charge is 0.339 e. The van der Waals surface area contributed by atoms with Crippen LogP contribution in [-0.4, -0.2) is 47.6 Å². The Bertz CT molecular complexity index is 881. The minimum Gasteiger partial charge on any atom is -0.462 e. The molecule has 1 amide bonds. The third kappa shape index (κ3) is 5.38. The lowest BCUT2D eigenvalue weighted by Crippen LogP contribution is -2.37. The molecule has 1 aliphatic heterocycles. The highest BCUT2D eigenvalue weighted by Gasteiger charge is 2.25. The Morgan fingerprint density at radius 2 is 2.14 bits per heavy atom. The van der Waals surface area contributed by atoms with Crippen LogP contribution in [0.25, 0.3) is 0 Å². The summed E-state index contributed by atoms with van der Waals surface area (Å²) in [6.45, 7) is 4.99. The van der Waals surface area contributed by atoms with E-state index in [2.05, 4.69) is 4.98 Å². The lowest BCUT2D eigenvalue weighted by Gasteiger charge is -2.25. The molecule has 1 aromatic heterocycles. The first-order valence-corrected chi connectivity index (χ1v) is 9.78. The molecule has 3 rings (SSSR count). The zero-order valence-corrected chi connectivity index (χ0v) is 16.7. The highest BCUT2D eigenvalue weighted by molar-refractivity contribution is 5.95. The predicted molar refractivity (Wildman–Crippen MR) is 105 cm³/mol. The van der Waals surface area contributed by atoms with E-state index < -0.39 is 5.97 Å². The number of carbonyl (C=O) groups is 2. The van der Waals surface area contributed by atoms with Gasteiger partial charge in [0.15, 0.2) is 0 Å². The van der Waals surface area contributed by atoms with Crippen molar-refractivity contribution in [1.82, 2.24) is 9.88 Å². The van der Waals surface area contributed by atoms with Crippen LogP contribution in [-0.2, 0) is 16.0 Å². The highest BCUT2D eigenvalue weighted by Crippen LogP contribution is 2.18. The van der Waals surface area contributed by atoms with E-state index in [1.54, 1.807) is 36.9 Å². The summed E-state index contributed by atoms with van der Waals surface area (Å²) in [4.78, 5) is 31.1. The molecule has 0 bridgehead atoms. The zero-order valence-electron chi connectivity index (χ0n) is 16.7. The minimum atomic E-state index is -0.465. The molecule has 154 valence electrons. The van der Waals surface area contributed by atoms with Gasteiger partial charge in [-0.15, -0.1) is 0 Å². The quantitative estimate of drug-likeness (QED) is 0.665. The molecular formula is C22H25FN2O4. The van der Waals surface area contributed by atoms with Crippen LogP contribution in [0.15, 0.2) is 36.4 Å². The second kappa shape index (κ2) is 9.60. The molecule has 1 unspecified atom stereocenters. The summed E-state index contributed by atoms with van der Waals surface area (Å²) in [6, 6.07) is 9.26. The molecule has 1 aliphatic rings. The molecule has 0 N–H and O–H groups in total. The van der Waals surface area contributed by atoms with Crippen molar-refractivity contribution in [2.45, 2.75) is 39.3 Å². The molecule has 0 spiro atoms. The number of ether oxygens (including phenoxy) is 2. The summed E-state index contributed by atoms with van der Waals surface area (Å²) >= 11 is 0.